The Labute approximate surface area is 187 Å². The third kappa shape index (κ3) is 4.91. The van der Waals surface area contributed by atoms with Crippen LogP contribution in [-0.4, -0.2) is 58.7 Å². The van der Waals surface area contributed by atoms with E-state index in [1.54, 1.807) is 19.2 Å². The van der Waals surface area contributed by atoms with E-state index in [4.69, 9.17) is 23.7 Å². The monoisotopic (exact) mass is 450 g/mol. The van der Waals surface area contributed by atoms with Crippen LogP contribution in [0.25, 0.3) is 0 Å². The molecule has 0 saturated carbocycles. The summed E-state index contributed by atoms with van der Waals surface area (Å²) in [4.78, 5) is 12.3. The highest BCUT2D eigenvalue weighted by Crippen LogP contribution is 2.47. The normalized spacial score (nSPS) is 28.5. The molecule has 1 aromatic rings. The van der Waals surface area contributed by atoms with Gasteiger partial charge in [0, 0.05) is 7.11 Å². The average molecular weight is 451 g/mol. The van der Waals surface area contributed by atoms with Gasteiger partial charge in [-0.3, -0.25) is 0 Å². The summed E-state index contributed by atoms with van der Waals surface area (Å²) in [5, 5.41) is 0. The van der Waals surface area contributed by atoms with Gasteiger partial charge in [-0.25, -0.2) is 4.79 Å². The van der Waals surface area contributed by atoms with Gasteiger partial charge in [-0.05, 0) is 18.2 Å². The number of esters is 1. The van der Waals surface area contributed by atoms with Gasteiger partial charge in [0.15, 0.2) is 12.6 Å². The van der Waals surface area contributed by atoms with Crippen LogP contribution in [0.5, 0.6) is 0 Å². The van der Waals surface area contributed by atoms with Crippen LogP contribution in [0.3, 0.4) is 0 Å². The molecule has 0 bridgehead atoms. The molecule has 174 valence electrons. The van der Waals surface area contributed by atoms with Gasteiger partial charge in [0.25, 0.3) is 0 Å². The van der Waals surface area contributed by atoms with E-state index in [1.807, 2.05) is 18.2 Å². The molecule has 0 amide bonds. The van der Waals surface area contributed by atoms with Gasteiger partial charge in [0.2, 0.25) is 0 Å². The smallest absolute Gasteiger partial charge is 0.338 e. The lowest BCUT2D eigenvalue weighted by molar-refractivity contribution is -0.195. The van der Waals surface area contributed by atoms with E-state index in [9.17, 15) is 4.79 Å². The number of hydrogen-bond donors (Lipinski definition) is 0. The Morgan fingerprint density at radius 2 is 1.52 bits per heavy atom. The van der Waals surface area contributed by atoms with Gasteiger partial charge in [-0.2, -0.15) is 0 Å². The fourth-order valence-electron chi connectivity index (χ4n) is 5.61. The number of benzene rings is 1. The SMILES string of the molecule is CO[C@@H]1O[C@H](COC(=O)c2ccccc2)[C@H]2OC(C[Si](C(C)C)(C(C)C)C(C)C)O[C@@H]12. The summed E-state index contributed by atoms with van der Waals surface area (Å²) in [6.07, 6.45) is -1.84. The van der Waals surface area contributed by atoms with Crippen LogP contribution in [0.1, 0.15) is 51.9 Å². The topological polar surface area (TPSA) is 63.2 Å². The Morgan fingerprint density at radius 3 is 2.06 bits per heavy atom. The minimum atomic E-state index is -1.69. The van der Waals surface area contributed by atoms with Crippen molar-refractivity contribution in [3.63, 3.8) is 0 Å². The van der Waals surface area contributed by atoms with Crippen molar-refractivity contribution < 1.29 is 28.5 Å². The third-order valence-electron chi connectivity index (χ3n) is 7.25. The summed E-state index contributed by atoms with van der Waals surface area (Å²) < 4.78 is 29.7. The molecule has 6 nitrogen and oxygen atoms in total. The van der Waals surface area contributed by atoms with Crippen molar-refractivity contribution in [2.24, 2.45) is 0 Å². The number of carbonyl (C=O) groups is 1. The zero-order chi connectivity index (χ0) is 22.8. The second kappa shape index (κ2) is 10.1. The quantitative estimate of drug-likeness (QED) is 0.390. The summed E-state index contributed by atoms with van der Waals surface area (Å²) in [6, 6.07) is 9.90. The summed E-state index contributed by atoms with van der Waals surface area (Å²) in [7, 11) is -0.0888. The first kappa shape index (κ1) is 24.4. The molecule has 2 aliphatic heterocycles. The van der Waals surface area contributed by atoms with Crippen molar-refractivity contribution >= 4 is 14.0 Å². The molecule has 2 saturated heterocycles. The van der Waals surface area contributed by atoms with Gasteiger partial charge < -0.3 is 23.7 Å². The second-order valence-electron chi connectivity index (χ2n) is 9.65. The molecular weight excluding hydrogens is 412 g/mol. The molecule has 0 aromatic heterocycles. The Hall–Kier alpha value is -1.25. The van der Waals surface area contributed by atoms with Crippen LogP contribution >= 0.6 is 0 Å². The summed E-state index contributed by atoms with van der Waals surface area (Å²) in [5.74, 6) is -0.372. The lowest BCUT2D eigenvalue weighted by Gasteiger charge is -2.44. The fraction of sp³-hybridized carbons (Fsp3) is 0.708. The Bertz CT molecular complexity index is 700. The maximum atomic E-state index is 12.3. The van der Waals surface area contributed by atoms with Gasteiger partial charge in [0.05, 0.1) is 13.6 Å². The molecular formula is C24H38O6Si. The summed E-state index contributed by atoms with van der Waals surface area (Å²) in [5.41, 5.74) is 2.38. The molecule has 31 heavy (non-hydrogen) atoms. The molecule has 0 spiro atoms. The molecule has 3 rings (SSSR count). The molecule has 0 N–H and O–H groups in total. The third-order valence-corrected chi connectivity index (χ3v) is 14.7. The first-order valence-electron chi connectivity index (χ1n) is 11.4. The predicted molar refractivity (Wildman–Crippen MR) is 122 cm³/mol. The number of hydrogen-bond acceptors (Lipinski definition) is 6. The minimum absolute atomic E-state index is 0.103. The van der Waals surface area contributed by atoms with Crippen molar-refractivity contribution in [3.8, 4) is 0 Å². The molecule has 1 unspecified atom stereocenters. The number of ether oxygens (including phenoxy) is 5. The molecule has 0 radical (unpaired) electrons. The lowest BCUT2D eigenvalue weighted by Crippen LogP contribution is -2.47. The van der Waals surface area contributed by atoms with Crippen LogP contribution in [0.2, 0.25) is 22.7 Å². The van der Waals surface area contributed by atoms with Crippen LogP contribution in [0.4, 0.5) is 0 Å². The molecule has 5 atom stereocenters. The molecule has 0 aliphatic carbocycles. The molecule has 7 heteroatoms. The largest absolute Gasteiger partial charge is 0.459 e. The van der Waals surface area contributed by atoms with E-state index in [2.05, 4.69) is 41.5 Å². The zero-order valence-corrected chi connectivity index (χ0v) is 20.9. The first-order chi connectivity index (χ1) is 14.7. The second-order valence-corrected chi connectivity index (χ2v) is 15.8. The van der Waals surface area contributed by atoms with Gasteiger partial charge >= 0.3 is 5.97 Å². The van der Waals surface area contributed by atoms with Crippen LogP contribution < -0.4 is 0 Å². The number of carbonyl (C=O) groups excluding carboxylic acids is 1. The molecule has 2 fully saturated rings. The predicted octanol–water partition coefficient (Wildman–Crippen LogP) is 5.00. The van der Waals surface area contributed by atoms with E-state index in [1.165, 1.54) is 0 Å². The standard InChI is InChI=1S/C24H38O6Si/c1-15(2)31(16(3)4,17(5)6)14-20-29-21-19(28-24(26-7)22(21)30-20)13-27-23(25)18-11-9-8-10-12-18/h8-12,15-17,19-22,24H,13-14H2,1-7H3/t19-,20?,21-,22-,24-/m1/s1. The van der Waals surface area contributed by atoms with Crippen LogP contribution in [0.15, 0.2) is 30.3 Å². The molecule has 1 aromatic carbocycles. The number of methoxy groups -OCH3 is 1. The fourth-order valence-corrected chi connectivity index (χ4v) is 11.8. The number of fused-ring (bicyclic) bond motifs is 1. The van der Waals surface area contributed by atoms with E-state index in [-0.39, 0.29) is 31.1 Å². The van der Waals surface area contributed by atoms with E-state index >= 15 is 0 Å². The van der Waals surface area contributed by atoms with Crippen molar-refractivity contribution in [3.05, 3.63) is 35.9 Å². The highest BCUT2D eigenvalue weighted by molar-refractivity contribution is 6.83. The van der Waals surface area contributed by atoms with Crippen LogP contribution in [0, 0.1) is 0 Å². The van der Waals surface area contributed by atoms with E-state index in [0.717, 1.165) is 6.04 Å². The molecule has 2 aliphatic rings. The van der Waals surface area contributed by atoms with Gasteiger partial charge in [-0.15, -0.1) is 0 Å². The zero-order valence-electron chi connectivity index (χ0n) is 19.9. The van der Waals surface area contributed by atoms with E-state index in [0.29, 0.717) is 22.2 Å². The number of rotatable bonds is 9. The maximum Gasteiger partial charge on any atom is 0.338 e. The summed E-state index contributed by atoms with van der Waals surface area (Å²) in [6.45, 7) is 14.2. The van der Waals surface area contributed by atoms with Crippen LogP contribution in [-0.2, 0) is 23.7 Å². The maximum absolute atomic E-state index is 12.3. The van der Waals surface area contributed by atoms with Gasteiger partial charge in [-0.1, -0.05) is 76.4 Å². The van der Waals surface area contributed by atoms with Crippen molar-refractivity contribution in [1.29, 1.82) is 0 Å². The average Bonchev–Trinajstić information content (AvgIpc) is 3.28. The van der Waals surface area contributed by atoms with Crippen molar-refractivity contribution in [2.75, 3.05) is 13.7 Å². The Morgan fingerprint density at radius 1 is 0.935 bits per heavy atom. The minimum Gasteiger partial charge on any atom is -0.459 e. The van der Waals surface area contributed by atoms with E-state index < -0.39 is 20.5 Å². The Kier molecular flexibility index (Phi) is 7.97. The van der Waals surface area contributed by atoms with Crippen molar-refractivity contribution in [1.82, 2.24) is 0 Å². The molecule has 2 heterocycles. The summed E-state index contributed by atoms with van der Waals surface area (Å²) >= 11 is 0. The Balaban J connectivity index is 1.68. The first-order valence-corrected chi connectivity index (χ1v) is 13.9. The highest BCUT2D eigenvalue weighted by atomic mass is 28.3. The lowest BCUT2D eigenvalue weighted by atomic mass is 10.1. The van der Waals surface area contributed by atoms with Crippen molar-refractivity contribution in [2.45, 2.75) is 95.1 Å². The highest BCUT2D eigenvalue weighted by Gasteiger charge is 2.55. The van der Waals surface area contributed by atoms with Gasteiger partial charge in [0.1, 0.15) is 24.9 Å².